The van der Waals surface area contributed by atoms with E-state index in [4.69, 9.17) is 0 Å². The average Bonchev–Trinajstić information content (AvgIpc) is 3.09. The highest BCUT2D eigenvalue weighted by Crippen LogP contribution is 2.24. The number of halogens is 3. The number of hydrogen-bond donors (Lipinski definition) is 2. The molecule has 2 aromatic heterocycles. The summed E-state index contributed by atoms with van der Waals surface area (Å²) in [6, 6.07) is 9.50. The highest BCUT2D eigenvalue weighted by Gasteiger charge is 2.31. The molecule has 0 unspecified atom stereocenters. The Morgan fingerprint density at radius 2 is 1.97 bits per heavy atom. The van der Waals surface area contributed by atoms with Gasteiger partial charge in [-0.3, -0.25) is 4.40 Å². The summed E-state index contributed by atoms with van der Waals surface area (Å²) in [5.41, 5.74) is 0.992. The van der Waals surface area contributed by atoms with Crippen molar-refractivity contribution in [1.82, 2.24) is 19.9 Å². The highest BCUT2D eigenvalue weighted by molar-refractivity contribution is 7.98. The van der Waals surface area contributed by atoms with E-state index in [9.17, 15) is 18.0 Å². The molecule has 0 bridgehead atoms. The SMILES string of the molecule is CSCC[C@H](NC(=O)Nc1ccc(OC(F)(F)F)cc1)c1nnc2ccccn12. The topological polar surface area (TPSA) is 80.5 Å². The number of nitrogens with zero attached hydrogens (tertiary/aromatic N) is 3. The Morgan fingerprint density at radius 1 is 1.21 bits per heavy atom. The number of alkyl halides is 3. The predicted molar refractivity (Wildman–Crippen MR) is 104 cm³/mol. The number of anilines is 1. The summed E-state index contributed by atoms with van der Waals surface area (Å²) in [4.78, 5) is 12.4. The molecule has 154 valence electrons. The van der Waals surface area contributed by atoms with Crippen LogP contribution in [0.2, 0.25) is 0 Å². The molecule has 1 atom stereocenters. The molecule has 1 aromatic carbocycles. The Labute approximate surface area is 168 Å². The summed E-state index contributed by atoms with van der Waals surface area (Å²) < 4.78 is 42.3. The van der Waals surface area contributed by atoms with Gasteiger partial charge in [-0.25, -0.2) is 4.79 Å². The molecule has 0 radical (unpaired) electrons. The molecule has 3 rings (SSSR count). The third kappa shape index (κ3) is 5.76. The van der Waals surface area contributed by atoms with Crippen LogP contribution in [0, 0.1) is 0 Å². The maximum absolute atomic E-state index is 12.4. The van der Waals surface area contributed by atoms with Crippen molar-refractivity contribution in [3.8, 4) is 5.75 Å². The first kappa shape index (κ1) is 20.8. The first-order chi connectivity index (χ1) is 13.9. The number of rotatable bonds is 7. The number of urea groups is 1. The lowest BCUT2D eigenvalue weighted by atomic mass is 10.2. The average molecular weight is 425 g/mol. The number of thioether (sulfide) groups is 1. The van der Waals surface area contributed by atoms with E-state index in [-0.39, 0.29) is 5.75 Å². The molecular formula is C18H18F3N5O2S. The van der Waals surface area contributed by atoms with E-state index >= 15 is 0 Å². The van der Waals surface area contributed by atoms with Gasteiger partial charge >= 0.3 is 12.4 Å². The summed E-state index contributed by atoms with van der Waals surface area (Å²) in [5, 5.41) is 13.7. The standard InChI is InChI=1S/C18H18F3N5O2S/c1-29-11-9-14(16-25-24-15-4-2-3-10-26(15)16)23-17(27)22-12-5-7-13(8-6-12)28-18(19,20)21/h2-8,10,14H,9,11H2,1H3,(H2,22,23,27)/t14-/m0/s1. The molecule has 3 aromatic rings. The van der Waals surface area contributed by atoms with Crippen molar-refractivity contribution in [3.05, 3.63) is 54.5 Å². The fraction of sp³-hybridized carbons (Fsp3) is 0.278. The molecule has 2 amide bonds. The second-order valence-electron chi connectivity index (χ2n) is 5.99. The van der Waals surface area contributed by atoms with Crippen molar-refractivity contribution in [2.24, 2.45) is 0 Å². The maximum Gasteiger partial charge on any atom is 0.573 e. The Bertz CT molecular complexity index is 962. The van der Waals surface area contributed by atoms with Crippen LogP contribution < -0.4 is 15.4 Å². The minimum atomic E-state index is -4.77. The van der Waals surface area contributed by atoms with E-state index in [1.165, 1.54) is 12.1 Å². The first-order valence-electron chi connectivity index (χ1n) is 8.57. The molecule has 0 aliphatic carbocycles. The van der Waals surface area contributed by atoms with Crippen LogP contribution >= 0.6 is 11.8 Å². The van der Waals surface area contributed by atoms with E-state index in [0.717, 1.165) is 17.9 Å². The van der Waals surface area contributed by atoms with Crippen LogP contribution in [0.3, 0.4) is 0 Å². The minimum Gasteiger partial charge on any atom is -0.406 e. The van der Waals surface area contributed by atoms with Gasteiger partial charge in [0.05, 0.1) is 6.04 Å². The number of carbonyl (C=O) groups is 1. The van der Waals surface area contributed by atoms with Gasteiger partial charge < -0.3 is 15.4 Å². The molecular weight excluding hydrogens is 407 g/mol. The van der Waals surface area contributed by atoms with Crippen molar-refractivity contribution < 1.29 is 22.7 Å². The third-order valence-corrected chi connectivity index (χ3v) is 4.56. The lowest BCUT2D eigenvalue weighted by Gasteiger charge is -2.17. The summed E-state index contributed by atoms with van der Waals surface area (Å²) >= 11 is 1.63. The highest BCUT2D eigenvalue weighted by atomic mass is 32.2. The van der Waals surface area contributed by atoms with Gasteiger partial charge in [-0.2, -0.15) is 11.8 Å². The third-order valence-electron chi connectivity index (χ3n) is 3.91. The van der Waals surface area contributed by atoms with Crippen LogP contribution in [-0.2, 0) is 0 Å². The zero-order valence-corrected chi connectivity index (χ0v) is 16.1. The normalized spacial score (nSPS) is 12.6. The van der Waals surface area contributed by atoms with Crippen molar-refractivity contribution >= 4 is 29.1 Å². The Kier molecular flexibility index (Phi) is 6.47. The zero-order chi connectivity index (χ0) is 20.9. The Balaban J connectivity index is 1.69. The number of aromatic nitrogens is 3. The van der Waals surface area contributed by atoms with Gasteiger partial charge in [-0.1, -0.05) is 6.07 Å². The fourth-order valence-electron chi connectivity index (χ4n) is 2.66. The van der Waals surface area contributed by atoms with Gasteiger partial charge in [0.15, 0.2) is 11.5 Å². The van der Waals surface area contributed by atoms with Gasteiger partial charge in [0, 0.05) is 11.9 Å². The molecule has 0 aliphatic rings. The van der Waals surface area contributed by atoms with E-state index < -0.39 is 18.4 Å². The molecule has 29 heavy (non-hydrogen) atoms. The number of amides is 2. The number of fused-ring (bicyclic) bond motifs is 1. The molecule has 11 heteroatoms. The lowest BCUT2D eigenvalue weighted by molar-refractivity contribution is -0.274. The number of benzene rings is 1. The van der Waals surface area contributed by atoms with Crippen molar-refractivity contribution in [3.63, 3.8) is 0 Å². The second kappa shape index (κ2) is 9.03. The van der Waals surface area contributed by atoms with E-state index in [0.29, 0.717) is 23.6 Å². The summed E-state index contributed by atoms with van der Waals surface area (Å²) in [7, 11) is 0. The van der Waals surface area contributed by atoms with Crippen LogP contribution in [0.15, 0.2) is 48.7 Å². The van der Waals surface area contributed by atoms with Crippen LogP contribution in [0.1, 0.15) is 18.3 Å². The van der Waals surface area contributed by atoms with Gasteiger partial charge in [0.25, 0.3) is 0 Å². The smallest absolute Gasteiger partial charge is 0.406 e. The number of nitrogens with one attached hydrogen (secondary N) is 2. The number of carbonyl (C=O) groups excluding carboxylic acids is 1. The molecule has 0 fully saturated rings. The van der Waals surface area contributed by atoms with E-state index in [1.807, 2.05) is 30.7 Å². The van der Waals surface area contributed by atoms with Crippen LogP contribution in [0.25, 0.3) is 5.65 Å². The molecule has 2 N–H and O–H groups in total. The van der Waals surface area contributed by atoms with Crippen LogP contribution in [-0.4, -0.2) is 39.0 Å². The fourth-order valence-corrected chi connectivity index (χ4v) is 3.14. The summed E-state index contributed by atoms with van der Waals surface area (Å²) in [6.45, 7) is 0. The molecule has 7 nitrogen and oxygen atoms in total. The first-order valence-corrected chi connectivity index (χ1v) is 9.97. The second-order valence-corrected chi connectivity index (χ2v) is 6.98. The van der Waals surface area contributed by atoms with Gasteiger partial charge in [0.1, 0.15) is 5.75 Å². The quantitative estimate of drug-likeness (QED) is 0.592. The maximum atomic E-state index is 12.4. The molecule has 0 saturated carbocycles. The van der Waals surface area contributed by atoms with Crippen LogP contribution in [0.5, 0.6) is 5.75 Å². The van der Waals surface area contributed by atoms with E-state index in [1.54, 1.807) is 16.2 Å². The van der Waals surface area contributed by atoms with Crippen molar-refractivity contribution in [2.45, 2.75) is 18.8 Å². The monoisotopic (exact) mass is 425 g/mol. The largest absolute Gasteiger partial charge is 0.573 e. The number of hydrogen-bond acceptors (Lipinski definition) is 5. The molecule has 0 aliphatic heterocycles. The Hall–Kier alpha value is -2.95. The van der Waals surface area contributed by atoms with Gasteiger partial charge in [-0.05, 0) is 54.8 Å². The molecule has 0 spiro atoms. The number of pyridine rings is 1. The van der Waals surface area contributed by atoms with Gasteiger partial charge in [-0.15, -0.1) is 23.4 Å². The molecule has 0 saturated heterocycles. The molecule has 2 heterocycles. The number of ether oxygens (including phenoxy) is 1. The van der Waals surface area contributed by atoms with Crippen LogP contribution in [0.4, 0.5) is 23.7 Å². The van der Waals surface area contributed by atoms with Crippen molar-refractivity contribution in [2.75, 3.05) is 17.3 Å². The van der Waals surface area contributed by atoms with Crippen molar-refractivity contribution in [1.29, 1.82) is 0 Å². The predicted octanol–water partition coefficient (Wildman–Crippen LogP) is 4.24. The van der Waals surface area contributed by atoms with E-state index in [2.05, 4.69) is 25.6 Å². The minimum absolute atomic E-state index is 0.326. The Morgan fingerprint density at radius 3 is 2.66 bits per heavy atom. The lowest BCUT2D eigenvalue weighted by Crippen LogP contribution is -2.34. The summed E-state index contributed by atoms with van der Waals surface area (Å²) in [5.74, 6) is 1.02. The van der Waals surface area contributed by atoms with Gasteiger partial charge in [0.2, 0.25) is 0 Å². The summed E-state index contributed by atoms with van der Waals surface area (Å²) in [6.07, 6.45) is -0.361. The zero-order valence-electron chi connectivity index (χ0n) is 15.3.